The van der Waals surface area contributed by atoms with E-state index in [1.54, 1.807) is 43.6 Å². The third-order valence-electron chi connectivity index (χ3n) is 2.29. The summed E-state index contributed by atoms with van der Waals surface area (Å²) >= 11 is 5.97. The second-order valence-electron chi connectivity index (χ2n) is 3.49. The number of ether oxygens (including phenoxy) is 1. The Bertz CT molecular complexity index is 558. The Labute approximate surface area is 110 Å². The van der Waals surface area contributed by atoms with E-state index < -0.39 is 5.97 Å². The van der Waals surface area contributed by atoms with Crippen LogP contribution in [0.3, 0.4) is 0 Å². The van der Waals surface area contributed by atoms with Gasteiger partial charge in [0, 0.05) is 18.0 Å². The van der Waals surface area contributed by atoms with Crippen LogP contribution >= 0.6 is 11.6 Å². The van der Waals surface area contributed by atoms with E-state index in [1.807, 2.05) is 0 Å². The first kappa shape index (κ1) is 12.5. The standard InChI is InChI=1S/C13H11ClN2O2/c1-2-18-13(17)10-8-9(4-5-11(10)14)12-15-6-3-7-16-12/h3-8H,2H2,1H3. The Morgan fingerprint density at radius 1 is 1.33 bits per heavy atom. The lowest BCUT2D eigenvalue weighted by molar-refractivity contribution is 0.0526. The molecule has 0 N–H and O–H groups in total. The molecule has 92 valence electrons. The molecule has 1 aromatic heterocycles. The Morgan fingerprint density at radius 3 is 2.72 bits per heavy atom. The van der Waals surface area contributed by atoms with Crippen molar-refractivity contribution in [3.05, 3.63) is 47.2 Å². The lowest BCUT2D eigenvalue weighted by Crippen LogP contribution is -2.05. The second kappa shape index (κ2) is 5.60. The average molecular weight is 263 g/mol. The Kier molecular flexibility index (Phi) is 3.89. The average Bonchev–Trinajstić information content (AvgIpc) is 2.40. The summed E-state index contributed by atoms with van der Waals surface area (Å²) < 4.78 is 4.94. The van der Waals surface area contributed by atoms with Gasteiger partial charge in [0.2, 0.25) is 0 Å². The molecule has 0 atom stereocenters. The van der Waals surface area contributed by atoms with Crippen LogP contribution in [0.1, 0.15) is 17.3 Å². The summed E-state index contributed by atoms with van der Waals surface area (Å²) in [7, 11) is 0. The number of hydrogen-bond donors (Lipinski definition) is 0. The first-order chi connectivity index (χ1) is 8.72. The molecular formula is C13H11ClN2O2. The van der Waals surface area contributed by atoms with Gasteiger partial charge in [-0.2, -0.15) is 0 Å². The van der Waals surface area contributed by atoms with E-state index in [4.69, 9.17) is 16.3 Å². The lowest BCUT2D eigenvalue weighted by atomic mass is 10.1. The maximum absolute atomic E-state index is 11.7. The van der Waals surface area contributed by atoms with Crippen molar-refractivity contribution < 1.29 is 9.53 Å². The Morgan fingerprint density at radius 2 is 2.06 bits per heavy atom. The number of rotatable bonds is 3. The van der Waals surface area contributed by atoms with Gasteiger partial charge in [0.15, 0.2) is 5.82 Å². The zero-order valence-electron chi connectivity index (χ0n) is 9.76. The van der Waals surface area contributed by atoms with E-state index in [0.29, 0.717) is 23.0 Å². The molecule has 0 aliphatic rings. The second-order valence-corrected chi connectivity index (χ2v) is 3.89. The van der Waals surface area contributed by atoms with Gasteiger partial charge in [-0.25, -0.2) is 14.8 Å². The molecule has 4 nitrogen and oxygen atoms in total. The summed E-state index contributed by atoms with van der Waals surface area (Å²) in [6.07, 6.45) is 3.28. The van der Waals surface area contributed by atoms with Gasteiger partial charge in [0.05, 0.1) is 17.2 Å². The highest BCUT2D eigenvalue weighted by Gasteiger charge is 2.13. The molecule has 0 radical (unpaired) electrons. The monoisotopic (exact) mass is 262 g/mol. The maximum atomic E-state index is 11.7. The van der Waals surface area contributed by atoms with Gasteiger partial charge in [-0.15, -0.1) is 0 Å². The van der Waals surface area contributed by atoms with Crippen LogP contribution in [0.4, 0.5) is 0 Å². The summed E-state index contributed by atoms with van der Waals surface area (Å²) in [6, 6.07) is 6.77. The molecule has 0 saturated heterocycles. The smallest absolute Gasteiger partial charge is 0.339 e. The minimum atomic E-state index is -0.444. The topological polar surface area (TPSA) is 52.1 Å². The van der Waals surface area contributed by atoms with Crippen molar-refractivity contribution in [2.24, 2.45) is 0 Å². The molecule has 1 aromatic carbocycles. The van der Waals surface area contributed by atoms with Crippen LogP contribution < -0.4 is 0 Å². The van der Waals surface area contributed by atoms with Crippen LogP contribution in [-0.4, -0.2) is 22.5 Å². The number of halogens is 1. The lowest BCUT2D eigenvalue weighted by Gasteiger charge is -2.06. The highest BCUT2D eigenvalue weighted by Crippen LogP contribution is 2.23. The van der Waals surface area contributed by atoms with E-state index >= 15 is 0 Å². The van der Waals surface area contributed by atoms with Crippen molar-refractivity contribution in [2.45, 2.75) is 6.92 Å². The van der Waals surface area contributed by atoms with E-state index in [1.165, 1.54) is 0 Å². The predicted molar refractivity (Wildman–Crippen MR) is 68.4 cm³/mol. The molecule has 2 aromatic rings. The van der Waals surface area contributed by atoms with Crippen LogP contribution in [0.5, 0.6) is 0 Å². The molecule has 1 heterocycles. The fourth-order valence-electron chi connectivity index (χ4n) is 1.48. The fraction of sp³-hybridized carbons (Fsp3) is 0.154. The maximum Gasteiger partial charge on any atom is 0.339 e. The molecule has 0 saturated carbocycles. The molecule has 5 heteroatoms. The van der Waals surface area contributed by atoms with Gasteiger partial charge in [-0.1, -0.05) is 11.6 Å². The van der Waals surface area contributed by atoms with Crippen molar-refractivity contribution in [1.82, 2.24) is 9.97 Å². The summed E-state index contributed by atoms with van der Waals surface area (Å²) in [6.45, 7) is 2.05. The van der Waals surface area contributed by atoms with E-state index in [0.717, 1.165) is 5.56 Å². The minimum Gasteiger partial charge on any atom is -0.462 e. The number of nitrogens with zero attached hydrogens (tertiary/aromatic N) is 2. The van der Waals surface area contributed by atoms with Crippen LogP contribution in [0, 0.1) is 0 Å². The molecule has 18 heavy (non-hydrogen) atoms. The molecule has 0 spiro atoms. The van der Waals surface area contributed by atoms with E-state index in [-0.39, 0.29) is 0 Å². The molecule has 0 aliphatic heterocycles. The summed E-state index contributed by atoms with van der Waals surface area (Å²) in [5.74, 6) is 0.0972. The zero-order valence-corrected chi connectivity index (χ0v) is 10.5. The highest BCUT2D eigenvalue weighted by atomic mass is 35.5. The quantitative estimate of drug-likeness (QED) is 0.798. The minimum absolute atomic E-state index is 0.307. The first-order valence-corrected chi connectivity index (χ1v) is 5.84. The Balaban J connectivity index is 2.41. The fourth-order valence-corrected chi connectivity index (χ4v) is 1.67. The Hall–Kier alpha value is -1.94. The molecular weight excluding hydrogens is 252 g/mol. The highest BCUT2D eigenvalue weighted by molar-refractivity contribution is 6.33. The number of esters is 1. The van der Waals surface area contributed by atoms with Crippen molar-refractivity contribution in [3.63, 3.8) is 0 Å². The van der Waals surface area contributed by atoms with Gasteiger partial charge in [-0.05, 0) is 31.2 Å². The van der Waals surface area contributed by atoms with Gasteiger partial charge < -0.3 is 4.74 Å². The van der Waals surface area contributed by atoms with Crippen molar-refractivity contribution >= 4 is 17.6 Å². The molecule has 0 aliphatic carbocycles. The summed E-state index contributed by atoms with van der Waals surface area (Å²) in [4.78, 5) is 19.9. The summed E-state index contributed by atoms with van der Waals surface area (Å²) in [5.41, 5.74) is 1.05. The molecule has 0 amide bonds. The number of hydrogen-bond acceptors (Lipinski definition) is 4. The third kappa shape index (κ3) is 2.65. The molecule has 0 bridgehead atoms. The van der Waals surface area contributed by atoms with Crippen LogP contribution in [0.2, 0.25) is 5.02 Å². The van der Waals surface area contributed by atoms with E-state index in [2.05, 4.69) is 9.97 Å². The van der Waals surface area contributed by atoms with Crippen LogP contribution in [0.15, 0.2) is 36.7 Å². The van der Waals surface area contributed by atoms with Gasteiger partial charge in [-0.3, -0.25) is 0 Å². The van der Waals surface area contributed by atoms with Gasteiger partial charge in [0.25, 0.3) is 0 Å². The van der Waals surface area contributed by atoms with Crippen molar-refractivity contribution in [2.75, 3.05) is 6.61 Å². The van der Waals surface area contributed by atoms with Crippen LogP contribution in [0.25, 0.3) is 11.4 Å². The zero-order chi connectivity index (χ0) is 13.0. The van der Waals surface area contributed by atoms with E-state index in [9.17, 15) is 4.79 Å². The van der Waals surface area contributed by atoms with Crippen molar-refractivity contribution in [1.29, 1.82) is 0 Å². The first-order valence-electron chi connectivity index (χ1n) is 5.46. The largest absolute Gasteiger partial charge is 0.462 e. The number of aromatic nitrogens is 2. The normalized spacial score (nSPS) is 10.1. The van der Waals surface area contributed by atoms with Crippen LogP contribution in [-0.2, 0) is 4.74 Å². The SMILES string of the molecule is CCOC(=O)c1cc(-c2ncccn2)ccc1Cl. The molecule has 2 rings (SSSR count). The number of benzene rings is 1. The van der Waals surface area contributed by atoms with Crippen molar-refractivity contribution in [3.8, 4) is 11.4 Å². The number of carbonyl (C=O) groups is 1. The molecule has 0 fully saturated rings. The predicted octanol–water partition coefficient (Wildman–Crippen LogP) is 2.97. The third-order valence-corrected chi connectivity index (χ3v) is 2.62. The van der Waals surface area contributed by atoms with Gasteiger partial charge >= 0.3 is 5.97 Å². The summed E-state index contributed by atoms with van der Waals surface area (Å²) in [5, 5.41) is 0.355. The van der Waals surface area contributed by atoms with Gasteiger partial charge in [0.1, 0.15) is 0 Å². The molecule has 0 unspecified atom stereocenters. The number of carbonyl (C=O) groups excluding carboxylic acids is 1.